The van der Waals surface area contributed by atoms with E-state index >= 15 is 0 Å². The fraction of sp³-hybridized carbons (Fsp3) is 0.273. The number of benzene rings is 1. The standard InChI is InChI=1S/C11H9Br2ClN2O/c1-2-8(12)11-16-15-10(17-11)7-4-3-6(14)5-9(7)13/h3-5,8H,2H2,1H3. The van der Waals surface area contributed by atoms with E-state index in [2.05, 4.69) is 42.1 Å². The van der Waals surface area contributed by atoms with Gasteiger partial charge in [-0.05, 0) is 40.5 Å². The summed E-state index contributed by atoms with van der Waals surface area (Å²) in [6.45, 7) is 2.04. The maximum absolute atomic E-state index is 5.88. The van der Waals surface area contributed by atoms with Crippen LogP contribution < -0.4 is 0 Å². The van der Waals surface area contributed by atoms with Crippen LogP contribution in [0.3, 0.4) is 0 Å². The van der Waals surface area contributed by atoms with Crippen molar-refractivity contribution in [1.82, 2.24) is 10.2 Å². The zero-order valence-corrected chi connectivity index (χ0v) is 12.9. The molecule has 1 aromatic heterocycles. The molecule has 1 atom stereocenters. The molecule has 0 saturated heterocycles. The number of aromatic nitrogens is 2. The van der Waals surface area contributed by atoms with Gasteiger partial charge in [-0.2, -0.15) is 0 Å². The van der Waals surface area contributed by atoms with Crippen LogP contribution in [0.15, 0.2) is 27.1 Å². The fourth-order valence-corrected chi connectivity index (χ4v) is 2.34. The van der Waals surface area contributed by atoms with Gasteiger partial charge in [0.15, 0.2) is 0 Å². The van der Waals surface area contributed by atoms with Crippen LogP contribution in [0.2, 0.25) is 5.02 Å². The van der Waals surface area contributed by atoms with Crippen LogP contribution in [0.4, 0.5) is 0 Å². The molecule has 0 aliphatic heterocycles. The normalized spacial score (nSPS) is 12.7. The molecular weight excluding hydrogens is 371 g/mol. The first kappa shape index (κ1) is 13.1. The molecule has 1 aromatic carbocycles. The number of alkyl halides is 1. The average molecular weight is 380 g/mol. The zero-order chi connectivity index (χ0) is 12.4. The van der Waals surface area contributed by atoms with Crippen LogP contribution in [-0.4, -0.2) is 10.2 Å². The number of rotatable bonds is 3. The molecule has 0 bridgehead atoms. The van der Waals surface area contributed by atoms with Gasteiger partial charge in [0.25, 0.3) is 0 Å². The average Bonchev–Trinajstić information content (AvgIpc) is 2.77. The highest BCUT2D eigenvalue weighted by atomic mass is 79.9. The molecule has 1 heterocycles. The van der Waals surface area contributed by atoms with E-state index in [-0.39, 0.29) is 4.83 Å². The van der Waals surface area contributed by atoms with Crippen molar-refractivity contribution >= 4 is 43.5 Å². The van der Waals surface area contributed by atoms with Crippen LogP contribution in [0.25, 0.3) is 11.5 Å². The van der Waals surface area contributed by atoms with Gasteiger partial charge in [-0.1, -0.05) is 34.5 Å². The molecule has 17 heavy (non-hydrogen) atoms. The third-order valence-corrected chi connectivity index (χ3v) is 4.16. The molecule has 0 aliphatic rings. The third kappa shape index (κ3) is 2.89. The SMILES string of the molecule is CCC(Br)c1nnc(-c2ccc(Cl)cc2Br)o1. The van der Waals surface area contributed by atoms with E-state index in [1.807, 2.05) is 13.0 Å². The first-order valence-electron chi connectivity index (χ1n) is 5.04. The van der Waals surface area contributed by atoms with E-state index in [0.717, 1.165) is 16.5 Å². The fourth-order valence-electron chi connectivity index (χ4n) is 1.31. The summed E-state index contributed by atoms with van der Waals surface area (Å²) in [5.74, 6) is 1.07. The summed E-state index contributed by atoms with van der Waals surface area (Å²) in [5, 5.41) is 8.70. The lowest BCUT2D eigenvalue weighted by molar-refractivity contribution is 0.500. The van der Waals surface area contributed by atoms with Gasteiger partial charge in [0.05, 0.1) is 10.4 Å². The Morgan fingerprint density at radius 2 is 2.18 bits per heavy atom. The summed E-state index contributed by atoms with van der Waals surface area (Å²) in [6, 6.07) is 5.43. The Hall–Kier alpha value is -0.390. The van der Waals surface area contributed by atoms with Crippen molar-refractivity contribution in [2.75, 3.05) is 0 Å². The van der Waals surface area contributed by atoms with E-state index < -0.39 is 0 Å². The zero-order valence-electron chi connectivity index (χ0n) is 8.95. The Labute approximate surface area is 121 Å². The highest BCUT2D eigenvalue weighted by Crippen LogP contribution is 2.32. The van der Waals surface area contributed by atoms with Gasteiger partial charge in [0.2, 0.25) is 11.8 Å². The Bertz CT molecular complexity index is 530. The van der Waals surface area contributed by atoms with Crippen molar-refractivity contribution in [2.24, 2.45) is 0 Å². The van der Waals surface area contributed by atoms with Gasteiger partial charge in [-0.25, -0.2) is 0 Å². The minimum Gasteiger partial charge on any atom is -0.419 e. The number of hydrogen-bond donors (Lipinski definition) is 0. The van der Waals surface area contributed by atoms with Crippen LogP contribution >= 0.6 is 43.5 Å². The lowest BCUT2D eigenvalue weighted by Gasteiger charge is -2.00. The molecule has 3 nitrogen and oxygen atoms in total. The van der Waals surface area contributed by atoms with Gasteiger partial charge in [-0.3, -0.25) is 0 Å². The molecule has 0 aliphatic carbocycles. The maximum atomic E-state index is 5.88. The molecule has 0 radical (unpaired) electrons. The number of hydrogen-bond acceptors (Lipinski definition) is 3. The maximum Gasteiger partial charge on any atom is 0.248 e. The first-order chi connectivity index (χ1) is 8.11. The van der Waals surface area contributed by atoms with Crippen molar-refractivity contribution in [1.29, 1.82) is 0 Å². The van der Waals surface area contributed by atoms with E-state index in [4.69, 9.17) is 16.0 Å². The predicted molar refractivity (Wildman–Crippen MR) is 74.4 cm³/mol. The van der Waals surface area contributed by atoms with E-state index in [1.54, 1.807) is 12.1 Å². The minimum atomic E-state index is 0.0924. The molecule has 90 valence electrons. The Morgan fingerprint density at radius 3 is 2.82 bits per heavy atom. The topological polar surface area (TPSA) is 38.9 Å². The van der Waals surface area contributed by atoms with Crippen molar-refractivity contribution < 1.29 is 4.42 Å². The lowest BCUT2D eigenvalue weighted by atomic mass is 10.2. The first-order valence-corrected chi connectivity index (χ1v) is 7.13. The lowest BCUT2D eigenvalue weighted by Crippen LogP contribution is -1.86. The van der Waals surface area contributed by atoms with Gasteiger partial charge in [-0.15, -0.1) is 10.2 Å². The molecule has 0 fully saturated rings. The summed E-state index contributed by atoms with van der Waals surface area (Å²) in [6.07, 6.45) is 0.892. The Kier molecular flexibility index (Phi) is 4.22. The van der Waals surface area contributed by atoms with Gasteiger partial charge in [0, 0.05) is 9.50 Å². The molecule has 2 aromatic rings. The Balaban J connectivity index is 2.37. The molecule has 1 unspecified atom stereocenters. The Morgan fingerprint density at radius 1 is 1.41 bits per heavy atom. The van der Waals surface area contributed by atoms with Gasteiger partial charge >= 0.3 is 0 Å². The van der Waals surface area contributed by atoms with Gasteiger partial charge < -0.3 is 4.42 Å². The highest BCUT2D eigenvalue weighted by molar-refractivity contribution is 9.10. The minimum absolute atomic E-state index is 0.0924. The van der Waals surface area contributed by atoms with Crippen molar-refractivity contribution in [3.63, 3.8) is 0 Å². The van der Waals surface area contributed by atoms with E-state index in [1.165, 1.54) is 0 Å². The van der Waals surface area contributed by atoms with E-state index in [9.17, 15) is 0 Å². The summed E-state index contributed by atoms with van der Waals surface area (Å²) in [7, 11) is 0. The van der Waals surface area contributed by atoms with Crippen LogP contribution in [-0.2, 0) is 0 Å². The van der Waals surface area contributed by atoms with Crippen molar-refractivity contribution in [2.45, 2.75) is 18.2 Å². The second kappa shape index (κ2) is 5.50. The third-order valence-electron chi connectivity index (χ3n) is 2.23. The molecule has 0 spiro atoms. The van der Waals surface area contributed by atoms with Crippen molar-refractivity contribution in [3.05, 3.63) is 33.6 Å². The quantitative estimate of drug-likeness (QED) is 0.704. The summed E-state index contributed by atoms with van der Waals surface area (Å²) >= 11 is 12.8. The largest absolute Gasteiger partial charge is 0.419 e. The van der Waals surface area contributed by atoms with Crippen molar-refractivity contribution in [3.8, 4) is 11.5 Å². The molecule has 0 saturated carbocycles. The molecular formula is C11H9Br2ClN2O. The van der Waals surface area contributed by atoms with Gasteiger partial charge in [0.1, 0.15) is 0 Å². The van der Waals surface area contributed by atoms with E-state index in [0.29, 0.717) is 16.8 Å². The number of halogens is 3. The summed E-state index contributed by atoms with van der Waals surface area (Å²) in [5.41, 5.74) is 0.837. The van der Waals surface area contributed by atoms with Crippen LogP contribution in [0.1, 0.15) is 24.1 Å². The monoisotopic (exact) mass is 378 g/mol. The van der Waals surface area contributed by atoms with Crippen LogP contribution in [0.5, 0.6) is 0 Å². The smallest absolute Gasteiger partial charge is 0.248 e. The highest BCUT2D eigenvalue weighted by Gasteiger charge is 2.16. The number of nitrogens with zero attached hydrogens (tertiary/aromatic N) is 2. The second-order valence-electron chi connectivity index (χ2n) is 3.45. The molecule has 6 heteroatoms. The molecule has 0 amide bonds. The summed E-state index contributed by atoms with van der Waals surface area (Å²) in [4.78, 5) is 0.0924. The second-order valence-corrected chi connectivity index (χ2v) is 5.84. The van der Waals surface area contributed by atoms with Crippen LogP contribution in [0, 0.1) is 0 Å². The molecule has 0 N–H and O–H groups in total. The predicted octanol–water partition coefficient (Wildman–Crippen LogP) is 5.00. The molecule has 2 rings (SSSR count). The summed E-state index contributed by atoms with van der Waals surface area (Å²) < 4.78 is 6.44.